The van der Waals surface area contributed by atoms with E-state index in [4.69, 9.17) is 26.8 Å². The van der Waals surface area contributed by atoms with Crippen molar-refractivity contribution in [1.29, 1.82) is 0 Å². The van der Waals surface area contributed by atoms with E-state index in [-0.39, 0.29) is 4.32 Å². The molecule has 1 aliphatic rings. The zero-order chi connectivity index (χ0) is 26.4. The van der Waals surface area contributed by atoms with E-state index in [1.54, 1.807) is 54.6 Å². The van der Waals surface area contributed by atoms with Crippen LogP contribution in [0.5, 0.6) is 11.5 Å². The van der Waals surface area contributed by atoms with Crippen molar-refractivity contribution in [3.8, 4) is 11.5 Å². The number of hydrogen-bond donors (Lipinski definition) is 2. The molecule has 2 amide bonds. The number of nitrogens with zero attached hydrogens (tertiary/aromatic N) is 1. The highest BCUT2D eigenvalue weighted by Crippen LogP contribution is 2.32. The number of aliphatic carboxylic acids is 1. The molecule has 0 aromatic heterocycles. The molecule has 3 aromatic carbocycles. The van der Waals surface area contributed by atoms with E-state index in [1.807, 2.05) is 30.3 Å². The molecule has 0 saturated carbocycles. The number of amides is 2. The lowest BCUT2D eigenvalue weighted by molar-refractivity contribution is -0.144. The van der Waals surface area contributed by atoms with E-state index in [9.17, 15) is 14.4 Å². The fraction of sp³-hybridized carbons (Fsp3) is 0.111. The number of carboxylic acids is 1. The van der Waals surface area contributed by atoms with Gasteiger partial charge in [0.15, 0.2) is 10.4 Å². The Hall–Kier alpha value is -4.15. The zero-order valence-corrected chi connectivity index (χ0v) is 21.3. The van der Waals surface area contributed by atoms with Crippen LogP contribution in [0.1, 0.15) is 28.4 Å². The minimum Gasteiger partial charge on any atom is -0.489 e. The van der Waals surface area contributed by atoms with Crippen molar-refractivity contribution >= 4 is 52.2 Å². The monoisotopic (exact) mass is 534 g/mol. The summed E-state index contributed by atoms with van der Waals surface area (Å²) in [6, 6.07) is 23.0. The summed E-state index contributed by atoms with van der Waals surface area (Å²) < 4.78 is 11.3. The number of carbonyl (C=O) groups is 3. The standard InChI is InChI=1S/C27H22N2O6S2/c1-17(26(32)33)35-22-9-5-8-19(14-22)15-23-25(31)29(27(36)37-23)28-24(30)20-10-12-21(13-11-20)34-16-18-6-3-2-4-7-18/h2-15,17H,16H2,1H3,(H,28,30)(H,32,33)/b23-15+. The normalized spacial score (nSPS) is 14.9. The SMILES string of the molecule is CC(Oc1cccc(/C=C2/SC(=S)N(NC(=O)c3ccc(OCc4ccccc4)cc3)C2=O)c1)C(=O)O. The summed E-state index contributed by atoms with van der Waals surface area (Å²) in [5.74, 6) is -1.10. The fourth-order valence-corrected chi connectivity index (χ4v) is 4.44. The van der Waals surface area contributed by atoms with Gasteiger partial charge in [-0.25, -0.2) is 4.79 Å². The minimum atomic E-state index is -1.09. The lowest BCUT2D eigenvalue weighted by atomic mass is 10.2. The Morgan fingerprint density at radius 3 is 2.49 bits per heavy atom. The van der Waals surface area contributed by atoms with Gasteiger partial charge in [-0.05, 0) is 72.7 Å². The highest BCUT2D eigenvalue weighted by Gasteiger charge is 2.33. The molecule has 188 valence electrons. The maximum atomic E-state index is 12.9. The van der Waals surface area contributed by atoms with E-state index in [1.165, 1.54) is 6.92 Å². The molecule has 1 heterocycles. The third-order valence-electron chi connectivity index (χ3n) is 5.19. The number of thiocarbonyl (C=S) groups is 1. The van der Waals surface area contributed by atoms with Gasteiger partial charge >= 0.3 is 5.97 Å². The van der Waals surface area contributed by atoms with Crippen LogP contribution >= 0.6 is 24.0 Å². The molecule has 1 atom stereocenters. The van der Waals surface area contributed by atoms with Crippen LogP contribution in [0.4, 0.5) is 0 Å². The molecule has 0 bridgehead atoms. The predicted octanol–water partition coefficient (Wildman–Crippen LogP) is 4.66. The average Bonchev–Trinajstić information content (AvgIpc) is 3.15. The number of benzene rings is 3. The molecule has 37 heavy (non-hydrogen) atoms. The van der Waals surface area contributed by atoms with Gasteiger partial charge in [0.2, 0.25) is 0 Å². The van der Waals surface area contributed by atoms with Crippen molar-refractivity contribution in [2.75, 3.05) is 0 Å². The highest BCUT2D eigenvalue weighted by atomic mass is 32.2. The maximum absolute atomic E-state index is 12.9. The van der Waals surface area contributed by atoms with Gasteiger partial charge < -0.3 is 14.6 Å². The summed E-state index contributed by atoms with van der Waals surface area (Å²) in [4.78, 5) is 37.0. The number of ether oxygens (including phenoxy) is 2. The second-order valence-electron chi connectivity index (χ2n) is 7.93. The number of thioether (sulfide) groups is 1. The molecule has 1 aliphatic heterocycles. The Morgan fingerprint density at radius 1 is 1.05 bits per heavy atom. The van der Waals surface area contributed by atoms with Crippen LogP contribution < -0.4 is 14.9 Å². The van der Waals surface area contributed by atoms with Crippen LogP contribution in [-0.2, 0) is 16.2 Å². The van der Waals surface area contributed by atoms with E-state index in [0.29, 0.717) is 34.1 Å². The topological polar surface area (TPSA) is 105 Å². The lowest BCUT2D eigenvalue weighted by Crippen LogP contribution is -2.44. The first-order chi connectivity index (χ1) is 17.8. The molecule has 3 aromatic rings. The molecule has 1 fully saturated rings. The molecule has 0 spiro atoms. The summed E-state index contributed by atoms with van der Waals surface area (Å²) in [5, 5.41) is 10.1. The molecule has 0 aliphatic carbocycles. The second kappa shape index (κ2) is 11.7. The van der Waals surface area contributed by atoms with Crippen molar-refractivity contribution in [2.24, 2.45) is 0 Å². The summed E-state index contributed by atoms with van der Waals surface area (Å²) in [6.45, 7) is 1.83. The van der Waals surface area contributed by atoms with Crippen molar-refractivity contribution in [1.82, 2.24) is 10.4 Å². The molecule has 2 N–H and O–H groups in total. The van der Waals surface area contributed by atoms with E-state index in [2.05, 4.69) is 5.43 Å². The molecule has 8 nitrogen and oxygen atoms in total. The largest absolute Gasteiger partial charge is 0.489 e. The number of hydrazine groups is 1. The van der Waals surface area contributed by atoms with E-state index < -0.39 is 23.9 Å². The van der Waals surface area contributed by atoms with Crippen LogP contribution in [0.3, 0.4) is 0 Å². The Labute approximate surface area is 222 Å². The third-order valence-corrected chi connectivity index (χ3v) is 6.49. The summed E-state index contributed by atoms with van der Waals surface area (Å²) in [5.41, 5.74) is 4.53. The van der Waals surface area contributed by atoms with Gasteiger partial charge in [-0.2, -0.15) is 5.01 Å². The van der Waals surface area contributed by atoms with E-state index >= 15 is 0 Å². The van der Waals surface area contributed by atoms with Crippen molar-refractivity contribution in [3.63, 3.8) is 0 Å². The molecule has 4 rings (SSSR count). The first kappa shape index (κ1) is 25.9. The van der Waals surface area contributed by atoms with Crippen LogP contribution in [0, 0.1) is 0 Å². The van der Waals surface area contributed by atoms with Gasteiger partial charge in [0.25, 0.3) is 11.8 Å². The third kappa shape index (κ3) is 6.75. The van der Waals surface area contributed by atoms with Gasteiger partial charge in [0.1, 0.15) is 18.1 Å². The Kier molecular flexibility index (Phi) is 8.22. The molecular formula is C27H22N2O6S2. The van der Waals surface area contributed by atoms with Crippen LogP contribution in [0.15, 0.2) is 83.8 Å². The average molecular weight is 535 g/mol. The quantitative estimate of drug-likeness (QED) is 0.302. The maximum Gasteiger partial charge on any atom is 0.344 e. The van der Waals surface area contributed by atoms with Crippen LogP contribution in [-0.4, -0.2) is 38.3 Å². The zero-order valence-electron chi connectivity index (χ0n) is 19.6. The Bertz CT molecular complexity index is 1360. The summed E-state index contributed by atoms with van der Waals surface area (Å²) in [6.07, 6.45) is 0.580. The number of rotatable bonds is 9. The Morgan fingerprint density at radius 2 is 1.78 bits per heavy atom. The molecule has 0 radical (unpaired) electrons. The van der Waals surface area contributed by atoms with Gasteiger partial charge in [-0.15, -0.1) is 0 Å². The molecular weight excluding hydrogens is 512 g/mol. The molecule has 1 unspecified atom stereocenters. The lowest BCUT2D eigenvalue weighted by Gasteiger charge is -2.16. The minimum absolute atomic E-state index is 0.180. The fourth-order valence-electron chi connectivity index (χ4n) is 3.26. The smallest absolute Gasteiger partial charge is 0.344 e. The van der Waals surface area contributed by atoms with Crippen molar-refractivity contribution in [3.05, 3.63) is 100 Å². The molecule has 1 saturated heterocycles. The van der Waals surface area contributed by atoms with Crippen LogP contribution in [0.25, 0.3) is 6.08 Å². The van der Waals surface area contributed by atoms with Crippen molar-refractivity contribution in [2.45, 2.75) is 19.6 Å². The second-order valence-corrected chi connectivity index (χ2v) is 9.60. The van der Waals surface area contributed by atoms with Gasteiger partial charge in [0.05, 0.1) is 4.91 Å². The Balaban J connectivity index is 1.38. The summed E-state index contributed by atoms with van der Waals surface area (Å²) in [7, 11) is 0. The van der Waals surface area contributed by atoms with Crippen molar-refractivity contribution < 1.29 is 29.0 Å². The highest BCUT2D eigenvalue weighted by molar-refractivity contribution is 8.26. The first-order valence-electron chi connectivity index (χ1n) is 11.2. The first-order valence-corrected chi connectivity index (χ1v) is 12.4. The van der Waals surface area contributed by atoms with Gasteiger partial charge in [0, 0.05) is 5.56 Å². The van der Waals surface area contributed by atoms with E-state index in [0.717, 1.165) is 22.3 Å². The number of nitrogens with one attached hydrogen (secondary N) is 1. The van der Waals surface area contributed by atoms with Gasteiger partial charge in [-0.3, -0.25) is 15.0 Å². The van der Waals surface area contributed by atoms with Gasteiger partial charge in [-0.1, -0.05) is 54.2 Å². The summed E-state index contributed by atoms with van der Waals surface area (Å²) >= 11 is 6.34. The molecule has 10 heteroatoms. The number of carbonyl (C=O) groups excluding carboxylic acids is 2. The number of hydrogen-bond acceptors (Lipinski definition) is 7. The predicted molar refractivity (Wildman–Crippen MR) is 144 cm³/mol. The number of carboxylic acid groups (broad SMARTS) is 1. The van der Waals surface area contributed by atoms with Crippen LogP contribution in [0.2, 0.25) is 0 Å².